The number of rotatable bonds is 6. The summed E-state index contributed by atoms with van der Waals surface area (Å²) in [5, 5.41) is 8.33. The molecule has 28 heavy (non-hydrogen) atoms. The zero-order chi connectivity index (χ0) is 19.5. The second-order valence-electron chi connectivity index (χ2n) is 6.21. The van der Waals surface area contributed by atoms with E-state index in [1.54, 1.807) is 20.4 Å². The summed E-state index contributed by atoms with van der Waals surface area (Å²) < 4.78 is 13.0. The topological polar surface area (TPSA) is 77.7 Å². The second-order valence-corrected chi connectivity index (χ2v) is 6.21. The van der Waals surface area contributed by atoms with Gasteiger partial charge in [0.2, 0.25) is 5.95 Å². The molecule has 0 fully saturated rings. The van der Waals surface area contributed by atoms with Gasteiger partial charge >= 0.3 is 0 Å². The minimum absolute atomic E-state index is 0.497. The number of ether oxygens (including phenoxy) is 2. The van der Waals surface area contributed by atoms with Crippen molar-refractivity contribution >= 4 is 11.6 Å². The number of anilines is 1. The van der Waals surface area contributed by atoms with Crippen LogP contribution in [0.15, 0.2) is 55.0 Å². The third-order valence-electron chi connectivity index (χ3n) is 4.47. The zero-order valence-electron chi connectivity index (χ0n) is 15.9. The molecule has 3 heterocycles. The Labute approximate surface area is 162 Å². The Morgan fingerprint density at radius 3 is 2.54 bits per heavy atom. The van der Waals surface area contributed by atoms with E-state index in [1.165, 1.54) is 0 Å². The first-order valence-corrected chi connectivity index (χ1v) is 8.74. The molecule has 8 nitrogen and oxygen atoms in total. The van der Waals surface area contributed by atoms with Crippen molar-refractivity contribution < 1.29 is 9.47 Å². The van der Waals surface area contributed by atoms with Crippen molar-refractivity contribution in [1.82, 2.24) is 24.6 Å². The van der Waals surface area contributed by atoms with E-state index < -0.39 is 0 Å². The predicted molar refractivity (Wildman–Crippen MR) is 106 cm³/mol. The van der Waals surface area contributed by atoms with Gasteiger partial charge in [-0.2, -0.15) is 5.10 Å². The summed E-state index contributed by atoms with van der Waals surface area (Å²) in [5.41, 5.74) is 3.30. The monoisotopic (exact) mass is 376 g/mol. The van der Waals surface area contributed by atoms with Crippen LogP contribution in [0.25, 0.3) is 16.9 Å². The number of fused-ring (bicyclic) bond motifs is 1. The molecule has 142 valence electrons. The van der Waals surface area contributed by atoms with Gasteiger partial charge in [0.05, 0.1) is 44.4 Å². The average molecular weight is 376 g/mol. The number of imidazole rings is 1. The SMILES string of the molecule is COc1cccc(OC)c1-c1cnnc(N(C)Cc2cnc3ccccn23)n1. The third kappa shape index (κ3) is 3.20. The largest absolute Gasteiger partial charge is 0.496 e. The van der Waals surface area contributed by atoms with E-state index in [1.807, 2.05) is 65.1 Å². The average Bonchev–Trinajstić information content (AvgIpc) is 3.16. The minimum Gasteiger partial charge on any atom is -0.496 e. The molecule has 0 saturated carbocycles. The van der Waals surface area contributed by atoms with Crippen LogP contribution in [0.4, 0.5) is 5.95 Å². The highest BCUT2D eigenvalue weighted by Gasteiger charge is 2.17. The number of benzene rings is 1. The lowest BCUT2D eigenvalue weighted by Gasteiger charge is -2.17. The van der Waals surface area contributed by atoms with Crippen LogP contribution in [0.3, 0.4) is 0 Å². The molecule has 0 spiro atoms. The minimum atomic E-state index is 0.497. The summed E-state index contributed by atoms with van der Waals surface area (Å²) >= 11 is 0. The first kappa shape index (κ1) is 17.7. The van der Waals surface area contributed by atoms with Crippen molar-refractivity contribution in [3.63, 3.8) is 0 Å². The molecule has 0 amide bonds. The Kier molecular flexibility index (Phi) is 4.76. The van der Waals surface area contributed by atoms with Gasteiger partial charge in [-0.3, -0.25) is 0 Å². The fourth-order valence-electron chi connectivity index (χ4n) is 3.10. The first-order chi connectivity index (χ1) is 13.7. The molecule has 0 aliphatic rings. The molecule has 0 bridgehead atoms. The molecular weight excluding hydrogens is 356 g/mol. The molecule has 0 saturated heterocycles. The van der Waals surface area contributed by atoms with Crippen LogP contribution in [0, 0.1) is 0 Å². The zero-order valence-corrected chi connectivity index (χ0v) is 15.9. The Hall–Kier alpha value is -3.68. The smallest absolute Gasteiger partial charge is 0.246 e. The van der Waals surface area contributed by atoms with Gasteiger partial charge in [-0.15, -0.1) is 5.10 Å². The Bertz CT molecular complexity index is 1090. The normalized spacial score (nSPS) is 10.8. The Morgan fingerprint density at radius 1 is 1.00 bits per heavy atom. The van der Waals surface area contributed by atoms with Gasteiger partial charge in [0.25, 0.3) is 0 Å². The van der Waals surface area contributed by atoms with Crippen LogP contribution in [0.5, 0.6) is 11.5 Å². The lowest BCUT2D eigenvalue weighted by atomic mass is 10.1. The summed E-state index contributed by atoms with van der Waals surface area (Å²) in [4.78, 5) is 11.0. The molecule has 0 N–H and O–H groups in total. The maximum Gasteiger partial charge on any atom is 0.246 e. The molecule has 8 heteroatoms. The van der Waals surface area contributed by atoms with Gasteiger partial charge in [-0.1, -0.05) is 12.1 Å². The Balaban J connectivity index is 1.68. The fourth-order valence-corrected chi connectivity index (χ4v) is 3.10. The molecule has 4 aromatic rings. The van der Waals surface area contributed by atoms with E-state index in [0.717, 1.165) is 16.9 Å². The van der Waals surface area contributed by atoms with E-state index in [9.17, 15) is 0 Å². The van der Waals surface area contributed by atoms with Crippen LogP contribution < -0.4 is 14.4 Å². The summed E-state index contributed by atoms with van der Waals surface area (Å²) in [6, 6.07) is 11.5. The lowest BCUT2D eigenvalue weighted by molar-refractivity contribution is 0.397. The lowest BCUT2D eigenvalue weighted by Crippen LogP contribution is -2.20. The highest BCUT2D eigenvalue weighted by Crippen LogP contribution is 2.37. The maximum atomic E-state index is 5.48. The molecule has 0 radical (unpaired) electrons. The Morgan fingerprint density at radius 2 is 1.79 bits per heavy atom. The number of nitrogens with zero attached hydrogens (tertiary/aromatic N) is 6. The van der Waals surface area contributed by atoms with Gasteiger partial charge < -0.3 is 18.8 Å². The van der Waals surface area contributed by atoms with E-state index in [0.29, 0.717) is 29.7 Å². The van der Waals surface area contributed by atoms with Crippen molar-refractivity contribution in [3.8, 4) is 22.8 Å². The van der Waals surface area contributed by atoms with E-state index >= 15 is 0 Å². The summed E-state index contributed by atoms with van der Waals surface area (Å²) in [6.45, 7) is 0.583. The molecule has 0 aliphatic carbocycles. The van der Waals surface area contributed by atoms with Gasteiger partial charge in [0.1, 0.15) is 22.8 Å². The molecule has 4 rings (SSSR count). The van der Waals surface area contributed by atoms with E-state index in [-0.39, 0.29) is 0 Å². The van der Waals surface area contributed by atoms with Crippen molar-refractivity contribution in [1.29, 1.82) is 0 Å². The summed E-state index contributed by atoms with van der Waals surface area (Å²) in [5.74, 6) is 1.82. The van der Waals surface area contributed by atoms with Gasteiger partial charge in [-0.25, -0.2) is 9.97 Å². The molecule has 0 unspecified atom stereocenters. The number of pyridine rings is 1. The van der Waals surface area contributed by atoms with Crippen molar-refractivity contribution in [3.05, 3.63) is 60.7 Å². The van der Waals surface area contributed by atoms with Crippen molar-refractivity contribution in [2.45, 2.75) is 6.54 Å². The number of aromatic nitrogens is 5. The van der Waals surface area contributed by atoms with Gasteiger partial charge in [0.15, 0.2) is 0 Å². The maximum absolute atomic E-state index is 5.48. The molecule has 0 aliphatic heterocycles. The standard InChI is InChI=1S/C20H20N6O2/c1-25(13-14-11-21-18-9-4-5-10-26(14)18)20-23-15(12-22-24-20)19-16(27-2)7-6-8-17(19)28-3/h4-12H,13H2,1-3H3. The van der Waals surface area contributed by atoms with Crippen molar-refractivity contribution in [2.24, 2.45) is 0 Å². The molecule has 3 aromatic heterocycles. The van der Waals surface area contributed by atoms with Gasteiger partial charge in [-0.05, 0) is 24.3 Å². The summed E-state index contributed by atoms with van der Waals surface area (Å²) in [7, 11) is 5.15. The van der Waals surface area contributed by atoms with Crippen LogP contribution >= 0.6 is 0 Å². The third-order valence-corrected chi connectivity index (χ3v) is 4.47. The second kappa shape index (κ2) is 7.51. The summed E-state index contributed by atoms with van der Waals surface area (Å²) in [6.07, 6.45) is 5.44. The highest BCUT2D eigenvalue weighted by molar-refractivity contribution is 5.74. The van der Waals surface area contributed by atoms with Crippen LogP contribution in [0.1, 0.15) is 5.69 Å². The molecular formula is C20H20N6O2. The number of hydrogen-bond donors (Lipinski definition) is 0. The van der Waals surface area contributed by atoms with Crippen LogP contribution in [0.2, 0.25) is 0 Å². The molecule has 1 aromatic carbocycles. The van der Waals surface area contributed by atoms with Crippen LogP contribution in [-0.2, 0) is 6.54 Å². The molecule has 0 atom stereocenters. The number of methoxy groups -OCH3 is 2. The van der Waals surface area contributed by atoms with E-state index in [2.05, 4.69) is 20.2 Å². The van der Waals surface area contributed by atoms with E-state index in [4.69, 9.17) is 9.47 Å². The fraction of sp³-hybridized carbons (Fsp3) is 0.200. The van der Waals surface area contributed by atoms with Gasteiger partial charge in [0, 0.05) is 13.2 Å². The van der Waals surface area contributed by atoms with Crippen molar-refractivity contribution in [2.75, 3.05) is 26.2 Å². The first-order valence-electron chi connectivity index (χ1n) is 8.74. The highest BCUT2D eigenvalue weighted by atomic mass is 16.5. The predicted octanol–water partition coefficient (Wildman–Crippen LogP) is 2.84. The number of hydrogen-bond acceptors (Lipinski definition) is 7. The quantitative estimate of drug-likeness (QED) is 0.512. The van der Waals surface area contributed by atoms with Crippen LogP contribution in [-0.4, -0.2) is 45.8 Å².